The maximum atomic E-state index is 11.1. The second-order valence-corrected chi connectivity index (χ2v) is 3.64. The van der Waals surface area contributed by atoms with E-state index in [1.807, 2.05) is 38.1 Å². The SMILES string of the molecule is Cc1ccccc1OC(C)CC(=O)CN. The normalized spacial score (nSPS) is 12.2. The van der Waals surface area contributed by atoms with Crippen molar-refractivity contribution in [2.75, 3.05) is 6.54 Å². The van der Waals surface area contributed by atoms with Crippen LogP contribution in [0.2, 0.25) is 0 Å². The van der Waals surface area contributed by atoms with Gasteiger partial charge in [0.1, 0.15) is 17.6 Å². The lowest BCUT2D eigenvalue weighted by Gasteiger charge is -2.15. The van der Waals surface area contributed by atoms with E-state index in [9.17, 15) is 4.79 Å². The van der Waals surface area contributed by atoms with Crippen LogP contribution >= 0.6 is 0 Å². The van der Waals surface area contributed by atoms with Gasteiger partial charge in [0.25, 0.3) is 0 Å². The number of Topliss-reactive ketones (excluding diaryl/α,β-unsaturated/α-hetero) is 1. The van der Waals surface area contributed by atoms with Gasteiger partial charge >= 0.3 is 0 Å². The summed E-state index contributed by atoms with van der Waals surface area (Å²) in [5.74, 6) is 0.853. The summed E-state index contributed by atoms with van der Waals surface area (Å²) < 4.78 is 5.64. The number of carbonyl (C=O) groups is 1. The highest BCUT2D eigenvalue weighted by Gasteiger charge is 2.09. The van der Waals surface area contributed by atoms with Crippen LogP contribution in [0.15, 0.2) is 24.3 Å². The van der Waals surface area contributed by atoms with Crippen molar-refractivity contribution in [3.8, 4) is 5.75 Å². The first-order valence-corrected chi connectivity index (χ1v) is 5.07. The zero-order valence-electron chi connectivity index (χ0n) is 9.19. The molecule has 0 spiro atoms. The highest BCUT2D eigenvalue weighted by Crippen LogP contribution is 2.18. The van der Waals surface area contributed by atoms with Crippen LogP contribution in [0.3, 0.4) is 0 Å². The molecule has 0 aromatic heterocycles. The van der Waals surface area contributed by atoms with E-state index < -0.39 is 0 Å². The molecular formula is C12H17NO2. The van der Waals surface area contributed by atoms with E-state index in [-0.39, 0.29) is 18.4 Å². The van der Waals surface area contributed by atoms with Crippen molar-refractivity contribution in [1.29, 1.82) is 0 Å². The Bertz CT molecular complexity index is 336. The van der Waals surface area contributed by atoms with Gasteiger partial charge in [-0.05, 0) is 25.5 Å². The number of ether oxygens (including phenoxy) is 1. The summed E-state index contributed by atoms with van der Waals surface area (Å²) in [4.78, 5) is 11.1. The van der Waals surface area contributed by atoms with Crippen molar-refractivity contribution < 1.29 is 9.53 Å². The molecule has 1 unspecified atom stereocenters. The Balaban J connectivity index is 2.55. The molecule has 0 aliphatic carbocycles. The molecule has 0 bridgehead atoms. The van der Waals surface area contributed by atoms with Crippen molar-refractivity contribution in [3.63, 3.8) is 0 Å². The Morgan fingerprint density at radius 1 is 1.47 bits per heavy atom. The first-order valence-electron chi connectivity index (χ1n) is 5.07. The average molecular weight is 207 g/mol. The molecule has 0 saturated heterocycles. The van der Waals surface area contributed by atoms with Gasteiger partial charge in [0.05, 0.1) is 6.54 Å². The first kappa shape index (κ1) is 11.7. The van der Waals surface area contributed by atoms with Gasteiger partial charge < -0.3 is 10.5 Å². The van der Waals surface area contributed by atoms with Crippen LogP contribution in [0, 0.1) is 6.92 Å². The van der Waals surface area contributed by atoms with Gasteiger partial charge in [-0.2, -0.15) is 0 Å². The second kappa shape index (κ2) is 5.51. The summed E-state index contributed by atoms with van der Waals surface area (Å²) in [7, 11) is 0. The molecule has 1 aromatic rings. The summed E-state index contributed by atoms with van der Waals surface area (Å²) in [5.41, 5.74) is 6.31. The third kappa shape index (κ3) is 3.72. The Labute approximate surface area is 90.2 Å². The van der Waals surface area contributed by atoms with Gasteiger partial charge in [-0.3, -0.25) is 4.79 Å². The molecule has 1 aromatic carbocycles. The third-order valence-corrected chi connectivity index (χ3v) is 2.16. The van der Waals surface area contributed by atoms with E-state index in [4.69, 9.17) is 10.5 Å². The van der Waals surface area contributed by atoms with Gasteiger partial charge in [-0.15, -0.1) is 0 Å². The van der Waals surface area contributed by atoms with Crippen LogP contribution in [0.5, 0.6) is 5.75 Å². The fourth-order valence-electron chi connectivity index (χ4n) is 1.35. The highest BCUT2D eigenvalue weighted by atomic mass is 16.5. The number of hydrogen-bond donors (Lipinski definition) is 1. The number of benzene rings is 1. The van der Waals surface area contributed by atoms with E-state index in [1.165, 1.54) is 0 Å². The maximum Gasteiger partial charge on any atom is 0.150 e. The Hall–Kier alpha value is -1.35. The van der Waals surface area contributed by atoms with Gasteiger partial charge in [0, 0.05) is 6.42 Å². The molecule has 0 radical (unpaired) electrons. The van der Waals surface area contributed by atoms with Gasteiger partial charge in [0.15, 0.2) is 0 Å². The molecule has 2 N–H and O–H groups in total. The van der Waals surface area contributed by atoms with E-state index in [1.54, 1.807) is 0 Å². The summed E-state index contributed by atoms with van der Waals surface area (Å²) in [6.07, 6.45) is 0.243. The van der Waals surface area contributed by atoms with Crippen LogP contribution in [0.1, 0.15) is 18.9 Å². The van der Waals surface area contributed by atoms with Gasteiger partial charge in [0.2, 0.25) is 0 Å². The molecule has 0 heterocycles. The second-order valence-electron chi connectivity index (χ2n) is 3.64. The van der Waals surface area contributed by atoms with Crippen LogP contribution in [-0.4, -0.2) is 18.4 Å². The molecule has 1 atom stereocenters. The van der Waals surface area contributed by atoms with Gasteiger partial charge in [-0.25, -0.2) is 0 Å². The quantitative estimate of drug-likeness (QED) is 0.799. The van der Waals surface area contributed by atoms with Crippen molar-refractivity contribution in [2.45, 2.75) is 26.4 Å². The number of ketones is 1. The van der Waals surface area contributed by atoms with Crippen LogP contribution in [0.4, 0.5) is 0 Å². The predicted molar refractivity (Wildman–Crippen MR) is 59.9 cm³/mol. The lowest BCUT2D eigenvalue weighted by atomic mass is 10.2. The van der Waals surface area contributed by atoms with Gasteiger partial charge in [-0.1, -0.05) is 18.2 Å². The molecule has 0 aliphatic rings. The number of nitrogens with two attached hydrogens (primary N) is 1. The van der Waals surface area contributed by atoms with Crippen LogP contribution in [-0.2, 0) is 4.79 Å². The lowest BCUT2D eigenvalue weighted by Crippen LogP contribution is -2.22. The molecule has 0 saturated carbocycles. The molecule has 3 heteroatoms. The van der Waals surface area contributed by atoms with Crippen molar-refractivity contribution in [3.05, 3.63) is 29.8 Å². The zero-order valence-corrected chi connectivity index (χ0v) is 9.19. The van der Waals surface area contributed by atoms with Crippen molar-refractivity contribution >= 4 is 5.78 Å². The Morgan fingerprint density at radius 2 is 2.13 bits per heavy atom. The van der Waals surface area contributed by atoms with Crippen LogP contribution in [0.25, 0.3) is 0 Å². The van der Waals surface area contributed by atoms with E-state index in [0.717, 1.165) is 11.3 Å². The average Bonchev–Trinajstić information content (AvgIpc) is 2.21. The summed E-state index contributed by atoms with van der Waals surface area (Å²) in [5, 5.41) is 0. The van der Waals surface area contributed by atoms with Crippen molar-refractivity contribution in [1.82, 2.24) is 0 Å². The summed E-state index contributed by atoms with van der Waals surface area (Å²) in [6.45, 7) is 3.94. The minimum absolute atomic E-state index is 0.0242. The van der Waals surface area contributed by atoms with E-state index >= 15 is 0 Å². The fraction of sp³-hybridized carbons (Fsp3) is 0.417. The molecule has 1 rings (SSSR count). The maximum absolute atomic E-state index is 11.1. The smallest absolute Gasteiger partial charge is 0.150 e. The molecule has 3 nitrogen and oxygen atoms in total. The number of para-hydroxylation sites is 1. The Kier molecular flexibility index (Phi) is 4.31. The molecule has 0 fully saturated rings. The third-order valence-electron chi connectivity index (χ3n) is 2.16. The first-order chi connectivity index (χ1) is 7.13. The van der Waals surface area contributed by atoms with E-state index in [0.29, 0.717) is 6.42 Å². The topological polar surface area (TPSA) is 52.3 Å². The monoisotopic (exact) mass is 207 g/mol. The Morgan fingerprint density at radius 3 is 2.73 bits per heavy atom. The number of aryl methyl sites for hydroxylation is 1. The fourth-order valence-corrected chi connectivity index (χ4v) is 1.35. The molecular weight excluding hydrogens is 190 g/mol. The largest absolute Gasteiger partial charge is 0.490 e. The molecule has 15 heavy (non-hydrogen) atoms. The summed E-state index contributed by atoms with van der Waals surface area (Å²) >= 11 is 0. The minimum atomic E-state index is -0.123. The van der Waals surface area contributed by atoms with E-state index in [2.05, 4.69) is 0 Å². The van der Waals surface area contributed by atoms with Crippen molar-refractivity contribution in [2.24, 2.45) is 5.73 Å². The summed E-state index contributed by atoms with van der Waals surface area (Å²) in [6, 6.07) is 7.75. The molecule has 0 amide bonds. The number of carbonyl (C=O) groups excluding carboxylic acids is 1. The highest BCUT2D eigenvalue weighted by molar-refractivity contribution is 5.80. The molecule has 0 aliphatic heterocycles. The molecule has 82 valence electrons. The van der Waals surface area contributed by atoms with Crippen LogP contribution < -0.4 is 10.5 Å². The standard InChI is InChI=1S/C12H17NO2/c1-9-5-3-4-6-12(9)15-10(2)7-11(14)8-13/h3-6,10H,7-8,13H2,1-2H3. The number of rotatable bonds is 5. The predicted octanol–water partition coefficient (Wildman–Crippen LogP) is 1.68. The zero-order chi connectivity index (χ0) is 11.3. The number of hydrogen-bond acceptors (Lipinski definition) is 3. The lowest BCUT2D eigenvalue weighted by molar-refractivity contribution is -0.119. The minimum Gasteiger partial charge on any atom is -0.490 e.